The summed E-state index contributed by atoms with van der Waals surface area (Å²) in [6, 6.07) is 23.6. The predicted octanol–water partition coefficient (Wildman–Crippen LogP) is 4.75. The van der Waals surface area contributed by atoms with Gasteiger partial charge in [-0.25, -0.2) is 4.39 Å². The number of carbonyl (C=O) groups excluding carboxylic acids is 1. The van der Waals surface area contributed by atoms with E-state index in [0.29, 0.717) is 17.4 Å². The van der Waals surface area contributed by atoms with Crippen molar-refractivity contribution >= 4 is 34.6 Å². The van der Waals surface area contributed by atoms with Crippen LogP contribution >= 0.6 is 12.2 Å². The van der Waals surface area contributed by atoms with Gasteiger partial charge in [0.05, 0.1) is 6.54 Å². The van der Waals surface area contributed by atoms with Gasteiger partial charge in [-0.3, -0.25) is 9.69 Å². The number of hydrogen-bond donors (Lipinski definition) is 2. The van der Waals surface area contributed by atoms with E-state index in [1.54, 1.807) is 12.1 Å². The molecule has 182 valence electrons. The zero-order chi connectivity index (χ0) is 24.5. The van der Waals surface area contributed by atoms with Crippen molar-refractivity contribution in [1.82, 2.24) is 9.80 Å². The lowest BCUT2D eigenvalue weighted by atomic mass is 10.2. The van der Waals surface area contributed by atoms with Crippen LogP contribution in [0.2, 0.25) is 0 Å². The summed E-state index contributed by atoms with van der Waals surface area (Å²) < 4.78 is 18.9. The zero-order valence-corrected chi connectivity index (χ0v) is 20.3. The molecule has 2 N–H and O–H groups in total. The first-order valence-corrected chi connectivity index (χ1v) is 12.1. The second-order valence-corrected chi connectivity index (χ2v) is 8.79. The lowest BCUT2D eigenvalue weighted by molar-refractivity contribution is -0.117. The maximum Gasteiger partial charge on any atom is 0.238 e. The molecule has 3 aromatic carbocycles. The molecule has 35 heavy (non-hydrogen) atoms. The second kappa shape index (κ2) is 12.3. The molecule has 0 unspecified atom stereocenters. The number of carbonyl (C=O) groups is 1. The molecule has 0 atom stereocenters. The molecule has 1 aliphatic rings. The molecule has 0 aliphatic carbocycles. The number of nitrogens with zero attached hydrogens (tertiary/aromatic N) is 2. The summed E-state index contributed by atoms with van der Waals surface area (Å²) in [5.74, 6) is 0.363. The molecule has 0 bridgehead atoms. The number of hydrogen-bond acceptors (Lipinski definition) is 4. The molecule has 8 heteroatoms. The summed E-state index contributed by atoms with van der Waals surface area (Å²) in [5.41, 5.74) is 2.62. The largest absolute Gasteiger partial charge is 0.489 e. The monoisotopic (exact) mass is 492 g/mol. The van der Waals surface area contributed by atoms with Crippen LogP contribution in [0.15, 0.2) is 78.9 Å². The van der Waals surface area contributed by atoms with Gasteiger partial charge >= 0.3 is 0 Å². The van der Waals surface area contributed by atoms with E-state index >= 15 is 0 Å². The van der Waals surface area contributed by atoms with Gasteiger partial charge in [0.1, 0.15) is 18.2 Å². The van der Waals surface area contributed by atoms with Crippen LogP contribution in [0.4, 0.5) is 15.8 Å². The molecule has 6 nitrogen and oxygen atoms in total. The third kappa shape index (κ3) is 7.77. The van der Waals surface area contributed by atoms with Crippen LogP contribution in [0, 0.1) is 5.82 Å². The molecular formula is C27H29FN4O2S. The summed E-state index contributed by atoms with van der Waals surface area (Å²) in [5, 5.41) is 6.79. The minimum Gasteiger partial charge on any atom is -0.489 e. The second-order valence-electron chi connectivity index (χ2n) is 8.40. The average Bonchev–Trinajstić information content (AvgIpc) is 3.11. The maximum atomic E-state index is 13.0. The third-order valence-electron chi connectivity index (χ3n) is 5.72. The first kappa shape index (κ1) is 24.6. The third-order valence-corrected chi connectivity index (χ3v) is 6.09. The van der Waals surface area contributed by atoms with Crippen LogP contribution in [-0.2, 0) is 11.4 Å². The fraction of sp³-hybridized carbons (Fsp3) is 0.259. The number of halogens is 1. The van der Waals surface area contributed by atoms with Crippen molar-refractivity contribution < 1.29 is 13.9 Å². The van der Waals surface area contributed by atoms with Gasteiger partial charge in [0.15, 0.2) is 5.11 Å². The van der Waals surface area contributed by atoms with Crippen LogP contribution in [-0.4, -0.2) is 53.5 Å². The normalized spacial score (nSPS) is 14.1. The lowest BCUT2D eigenvalue weighted by Gasteiger charge is -2.24. The van der Waals surface area contributed by atoms with Gasteiger partial charge in [-0.05, 0) is 72.7 Å². The molecule has 0 spiro atoms. The van der Waals surface area contributed by atoms with E-state index in [1.165, 1.54) is 12.1 Å². The number of amides is 1. The predicted molar refractivity (Wildman–Crippen MR) is 141 cm³/mol. The minimum absolute atomic E-state index is 0.111. The summed E-state index contributed by atoms with van der Waals surface area (Å²) in [6.07, 6.45) is 0.901. The van der Waals surface area contributed by atoms with E-state index < -0.39 is 0 Å². The highest BCUT2D eigenvalue weighted by molar-refractivity contribution is 7.80. The van der Waals surface area contributed by atoms with Crippen molar-refractivity contribution in [2.24, 2.45) is 0 Å². The molecule has 1 amide bonds. The Labute approximate surface area is 210 Å². The molecule has 0 saturated carbocycles. The Hall–Kier alpha value is -3.49. The van der Waals surface area contributed by atoms with Crippen molar-refractivity contribution in [3.63, 3.8) is 0 Å². The lowest BCUT2D eigenvalue weighted by Crippen LogP contribution is -2.39. The van der Waals surface area contributed by atoms with Crippen LogP contribution < -0.4 is 15.4 Å². The number of benzene rings is 3. The van der Waals surface area contributed by atoms with Gasteiger partial charge in [-0.1, -0.05) is 30.3 Å². The van der Waals surface area contributed by atoms with Crippen molar-refractivity contribution in [2.75, 3.05) is 43.4 Å². The standard InChI is InChI=1S/C27H29FN4O2S/c28-22-7-9-23(10-8-22)29-26(33)19-31-15-4-16-32(18-17-31)27(35)30-24-11-13-25(14-12-24)34-20-21-5-2-1-3-6-21/h1-3,5-14H,4,15-20H2,(H,29,33)(H,30,35). The quantitative estimate of drug-likeness (QED) is 0.465. The Morgan fingerprint density at radius 1 is 0.857 bits per heavy atom. The fourth-order valence-corrected chi connectivity index (χ4v) is 4.15. The highest BCUT2D eigenvalue weighted by atomic mass is 32.1. The SMILES string of the molecule is O=C(CN1CCCN(C(=S)Nc2ccc(OCc3ccccc3)cc2)CC1)Nc1ccc(F)cc1. The first-order chi connectivity index (χ1) is 17.0. The van der Waals surface area contributed by atoms with E-state index in [4.69, 9.17) is 17.0 Å². The van der Waals surface area contributed by atoms with Crippen LogP contribution in [0.25, 0.3) is 0 Å². The topological polar surface area (TPSA) is 56.8 Å². The number of ether oxygens (including phenoxy) is 1. The minimum atomic E-state index is -0.326. The van der Waals surface area contributed by atoms with Gasteiger partial charge in [-0.15, -0.1) is 0 Å². The van der Waals surface area contributed by atoms with Gasteiger partial charge in [0.25, 0.3) is 0 Å². The Kier molecular flexibility index (Phi) is 8.64. The Morgan fingerprint density at radius 3 is 2.29 bits per heavy atom. The van der Waals surface area contributed by atoms with Gasteiger partial charge in [0, 0.05) is 37.6 Å². The zero-order valence-electron chi connectivity index (χ0n) is 19.5. The number of nitrogens with one attached hydrogen (secondary N) is 2. The van der Waals surface area contributed by atoms with Crippen LogP contribution in [0.3, 0.4) is 0 Å². The molecular weight excluding hydrogens is 463 g/mol. The smallest absolute Gasteiger partial charge is 0.238 e. The summed E-state index contributed by atoms with van der Waals surface area (Å²) >= 11 is 5.64. The number of anilines is 2. The molecule has 1 saturated heterocycles. The molecule has 3 aromatic rings. The summed E-state index contributed by atoms with van der Waals surface area (Å²) in [7, 11) is 0. The van der Waals surface area contributed by atoms with Crippen LogP contribution in [0.5, 0.6) is 5.75 Å². The molecule has 1 fully saturated rings. The van der Waals surface area contributed by atoms with E-state index in [1.807, 2.05) is 54.6 Å². The summed E-state index contributed by atoms with van der Waals surface area (Å²) in [4.78, 5) is 16.6. The highest BCUT2D eigenvalue weighted by Gasteiger charge is 2.19. The van der Waals surface area contributed by atoms with E-state index in [0.717, 1.165) is 49.6 Å². The maximum absolute atomic E-state index is 13.0. The first-order valence-electron chi connectivity index (χ1n) is 11.7. The molecule has 0 aromatic heterocycles. The molecule has 1 heterocycles. The number of thiocarbonyl (C=S) groups is 1. The Morgan fingerprint density at radius 2 is 1.54 bits per heavy atom. The highest BCUT2D eigenvalue weighted by Crippen LogP contribution is 2.18. The van der Waals surface area contributed by atoms with Crippen molar-refractivity contribution in [3.05, 3.63) is 90.2 Å². The van der Waals surface area contributed by atoms with E-state index in [2.05, 4.69) is 20.4 Å². The van der Waals surface area contributed by atoms with Gasteiger partial charge in [-0.2, -0.15) is 0 Å². The fourth-order valence-electron chi connectivity index (χ4n) is 3.85. The Bertz CT molecular complexity index is 1110. The van der Waals surface area contributed by atoms with Crippen LogP contribution in [0.1, 0.15) is 12.0 Å². The van der Waals surface area contributed by atoms with Crippen molar-refractivity contribution in [3.8, 4) is 5.75 Å². The van der Waals surface area contributed by atoms with E-state index in [-0.39, 0.29) is 18.3 Å². The average molecular weight is 493 g/mol. The molecule has 1 aliphatic heterocycles. The van der Waals surface area contributed by atoms with Crippen molar-refractivity contribution in [1.29, 1.82) is 0 Å². The van der Waals surface area contributed by atoms with Gasteiger partial charge < -0.3 is 20.3 Å². The van der Waals surface area contributed by atoms with E-state index in [9.17, 15) is 9.18 Å². The number of rotatable bonds is 7. The van der Waals surface area contributed by atoms with Crippen molar-refractivity contribution in [2.45, 2.75) is 13.0 Å². The molecule has 0 radical (unpaired) electrons. The van der Waals surface area contributed by atoms with Gasteiger partial charge in [0.2, 0.25) is 5.91 Å². The molecule has 4 rings (SSSR count). The Balaban J connectivity index is 1.21. The summed E-state index contributed by atoms with van der Waals surface area (Å²) in [6.45, 7) is 3.90.